The molecule has 2 aromatic rings. The monoisotopic (exact) mass is 430 g/mol. The van der Waals surface area contributed by atoms with Gasteiger partial charge in [0.2, 0.25) is 0 Å². The summed E-state index contributed by atoms with van der Waals surface area (Å²) in [7, 11) is 0. The average molecular weight is 431 g/mol. The largest absolute Gasteiger partial charge is 0.380 e. The van der Waals surface area contributed by atoms with Crippen molar-refractivity contribution in [1.82, 2.24) is 9.80 Å². The quantitative estimate of drug-likeness (QED) is 0.730. The molecule has 5 rings (SSSR count). The van der Waals surface area contributed by atoms with Crippen molar-refractivity contribution in [2.75, 3.05) is 26.2 Å². The summed E-state index contributed by atoms with van der Waals surface area (Å²) in [5.74, 6) is 0.563. The molecule has 2 aliphatic carbocycles. The number of hydrogen-bond donors (Lipinski definition) is 1. The van der Waals surface area contributed by atoms with Gasteiger partial charge in [0.1, 0.15) is 11.4 Å². The van der Waals surface area contributed by atoms with Crippen LogP contribution in [-0.2, 0) is 16.0 Å². The summed E-state index contributed by atoms with van der Waals surface area (Å²) in [6.07, 6.45) is 3.85. The summed E-state index contributed by atoms with van der Waals surface area (Å²) in [5.41, 5.74) is 4.30. The molecule has 1 heterocycles. The van der Waals surface area contributed by atoms with Gasteiger partial charge in [0.15, 0.2) is 0 Å². The van der Waals surface area contributed by atoms with Crippen molar-refractivity contribution in [2.45, 2.75) is 37.7 Å². The molecule has 5 heteroatoms. The van der Waals surface area contributed by atoms with Gasteiger partial charge >= 0.3 is 0 Å². The van der Waals surface area contributed by atoms with Crippen LogP contribution in [0.4, 0.5) is 0 Å². The first-order valence-electron chi connectivity index (χ1n) is 11.6. The maximum absolute atomic E-state index is 12.3. The molecule has 2 saturated carbocycles. The molecule has 0 aromatic heterocycles. The topological polar surface area (TPSA) is 60.9 Å². The van der Waals surface area contributed by atoms with Crippen molar-refractivity contribution in [2.24, 2.45) is 5.92 Å². The zero-order chi connectivity index (χ0) is 22.3. The van der Waals surface area contributed by atoms with E-state index < -0.39 is 5.60 Å². The minimum Gasteiger partial charge on any atom is -0.380 e. The van der Waals surface area contributed by atoms with E-state index in [0.717, 1.165) is 53.9 Å². The second-order valence-electron chi connectivity index (χ2n) is 9.45. The van der Waals surface area contributed by atoms with Gasteiger partial charge in [0.25, 0.3) is 5.91 Å². The first-order valence-corrected chi connectivity index (χ1v) is 11.6. The summed E-state index contributed by atoms with van der Waals surface area (Å²) in [5, 5.41) is 10.1. The Morgan fingerprint density at radius 3 is 1.94 bits per heavy atom. The van der Waals surface area contributed by atoms with Crippen LogP contribution in [0.3, 0.4) is 0 Å². The van der Waals surface area contributed by atoms with Crippen molar-refractivity contribution >= 4 is 17.4 Å². The molecule has 1 saturated heterocycles. The minimum atomic E-state index is -1.08. The Kier molecular flexibility index (Phi) is 5.38. The smallest absolute Gasteiger partial charge is 0.254 e. The molecule has 0 spiro atoms. The van der Waals surface area contributed by atoms with Crippen LogP contribution in [0.1, 0.15) is 36.8 Å². The van der Waals surface area contributed by atoms with E-state index in [-0.39, 0.29) is 5.91 Å². The van der Waals surface area contributed by atoms with Gasteiger partial charge in [-0.2, -0.15) is 0 Å². The predicted molar refractivity (Wildman–Crippen MR) is 125 cm³/mol. The summed E-state index contributed by atoms with van der Waals surface area (Å²) >= 11 is 0. The molecule has 166 valence electrons. The average Bonchev–Trinajstić information content (AvgIpc) is 3.76. The van der Waals surface area contributed by atoms with E-state index in [9.17, 15) is 14.7 Å². The minimum absolute atomic E-state index is 0.116. The van der Waals surface area contributed by atoms with E-state index in [4.69, 9.17) is 0 Å². The van der Waals surface area contributed by atoms with Crippen LogP contribution in [0.15, 0.2) is 55.1 Å². The second-order valence-corrected chi connectivity index (χ2v) is 9.45. The maximum Gasteiger partial charge on any atom is 0.254 e. The van der Waals surface area contributed by atoms with Crippen molar-refractivity contribution in [1.29, 1.82) is 0 Å². The van der Waals surface area contributed by atoms with Gasteiger partial charge in [0.05, 0.1) is 0 Å². The number of rotatable bonds is 7. The molecule has 5 nitrogen and oxygen atoms in total. The highest BCUT2D eigenvalue weighted by molar-refractivity contribution is 5.88. The standard InChI is InChI=1S/C27H30N2O3/c1-19(28-14-16-29(17-15-28)26(31)27(32)12-13-27)21-6-8-23(9-7-21)22-4-2-20(3-5-22)18-25(30)24-10-11-24/h2-9,24,32H,1,10-18H2. The number of benzene rings is 2. The summed E-state index contributed by atoms with van der Waals surface area (Å²) in [6, 6.07) is 16.7. The molecule has 32 heavy (non-hydrogen) atoms. The van der Waals surface area contributed by atoms with E-state index in [0.29, 0.717) is 44.1 Å². The van der Waals surface area contributed by atoms with Crippen LogP contribution in [0.25, 0.3) is 16.8 Å². The van der Waals surface area contributed by atoms with Gasteiger partial charge in [-0.15, -0.1) is 0 Å². The van der Waals surface area contributed by atoms with Gasteiger partial charge in [-0.05, 0) is 47.9 Å². The van der Waals surface area contributed by atoms with Gasteiger partial charge in [0, 0.05) is 44.2 Å². The number of piperazine rings is 1. The second kappa shape index (κ2) is 8.21. The SMILES string of the molecule is C=C(c1ccc(-c2ccc(CC(=O)C3CC3)cc2)cc1)N1CCN(C(=O)C2(O)CC2)CC1. The lowest BCUT2D eigenvalue weighted by molar-refractivity contribution is -0.143. The Labute approximate surface area is 189 Å². The summed E-state index contributed by atoms with van der Waals surface area (Å²) < 4.78 is 0. The van der Waals surface area contributed by atoms with Gasteiger partial charge in [-0.1, -0.05) is 55.1 Å². The summed E-state index contributed by atoms with van der Waals surface area (Å²) in [6.45, 7) is 6.97. The third kappa shape index (κ3) is 4.35. The lowest BCUT2D eigenvalue weighted by Crippen LogP contribution is -2.51. The first-order chi connectivity index (χ1) is 15.4. The number of hydrogen-bond acceptors (Lipinski definition) is 4. The summed E-state index contributed by atoms with van der Waals surface area (Å²) in [4.78, 5) is 28.3. The Balaban J connectivity index is 1.18. The van der Waals surface area contributed by atoms with Gasteiger partial charge in [-0.3, -0.25) is 9.59 Å². The normalized spacial score (nSPS) is 19.5. The Bertz CT molecular complexity index is 1030. The van der Waals surface area contributed by atoms with Crippen LogP contribution in [0.5, 0.6) is 0 Å². The zero-order valence-electron chi connectivity index (χ0n) is 18.4. The highest BCUT2D eigenvalue weighted by Gasteiger charge is 2.50. The fraction of sp³-hybridized carbons (Fsp3) is 0.407. The Hall–Kier alpha value is -2.92. The van der Waals surface area contributed by atoms with Crippen molar-refractivity contribution in [3.8, 4) is 11.1 Å². The lowest BCUT2D eigenvalue weighted by Gasteiger charge is -2.38. The molecule has 3 fully saturated rings. The maximum atomic E-state index is 12.3. The van der Waals surface area contributed by atoms with Crippen LogP contribution in [0, 0.1) is 5.92 Å². The zero-order valence-corrected chi connectivity index (χ0v) is 18.4. The van der Waals surface area contributed by atoms with Crippen molar-refractivity contribution < 1.29 is 14.7 Å². The molecule has 3 aliphatic rings. The molecule has 1 aliphatic heterocycles. The van der Waals surface area contributed by atoms with Gasteiger partial charge in [-0.25, -0.2) is 0 Å². The van der Waals surface area contributed by atoms with Gasteiger partial charge < -0.3 is 14.9 Å². The highest BCUT2D eigenvalue weighted by Crippen LogP contribution is 2.37. The molecule has 2 aromatic carbocycles. The molecule has 1 amide bonds. The van der Waals surface area contributed by atoms with Crippen LogP contribution >= 0.6 is 0 Å². The highest BCUT2D eigenvalue weighted by atomic mass is 16.3. The van der Waals surface area contributed by atoms with E-state index in [1.54, 1.807) is 4.90 Å². The number of carbonyl (C=O) groups is 2. The first kappa shape index (κ1) is 21.0. The van der Waals surface area contributed by atoms with Crippen LogP contribution in [0.2, 0.25) is 0 Å². The molecular weight excluding hydrogens is 400 g/mol. The number of Topliss-reactive ketones (excluding diaryl/α,β-unsaturated/α-hetero) is 1. The predicted octanol–water partition coefficient (Wildman–Crippen LogP) is 3.52. The third-order valence-corrected chi connectivity index (χ3v) is 6.99. The molecule has 0 atom stereocenters. The number of carbonyl (C=O) groups excluding carboxylic acids is 2. The van der Waals surface area contributed by atoms with E-state index in [2.05, 4.69) is 60.0 Å². The fourth-order valence-corrected chi connectivity index (χ4v) is 4.41. The molecule has 0 radical (unpaired) electrons. The lowest BCUT2D eigenvalue weighted by atomic mass is 9.99. The number of ketones is 1. The van der Waals surface area contributed by atoms with Crippen LogP contribution < -0.4 is 0 Å². The Morgan fingerprint density at radius 2 is 1.41 bits per heavy atom. The number of nitrogens with zero attached hydrogens (tertiary/aromatic N) is 2. The number of amides is 1. The number of aliphatic hydroxyl groups is 1. The molecular formula is C27H30N2O3. The van der Waals surface area contributed by atoms with E-state index in [1.165, 1.54) is 0 Å². The fourth-order valence-electron chi connectivity index (χ4n) is 4.41. The molecule has 0 bridgehead atoms. The van der Waals surface area contributed by atoms with E-state index in [1.807, 2.05) is 0 Å². The molecule has 0 unspecified atom stereocenters. The van der Waals surface area contributed by atoms with Crippen molar-refractivity contribution in [3.05, 3.63) is 66.2 Å². The van der Waals surface area contributed by atoms with Crippen molar-refractivity contribution in [3.63, 3.8) is 0 Å². The third-order valence-electron chi connectivity index (χ3n) is 6.99. The van der Waals surface area contributed by atoms with Crippen LogP contribution in [-0.4, -0.2) is 58.4 Å². The van der Waals surface area contributed by atoms with E-state index >= 15 is 0 Å². The molecule has 1 N–H and O–H groups in total. The Morgan fingerprint density at radius 1 is 0.875 bits per heavy atom.